The molecule has 0 aliphatic carbocycles. The zero-order valence-corrected chi connectivity index (χ0v) is 8.73. The summed E-state index contributed by atoms with van der Waals surface area (Å²) in [5.41, 5.74) is -2.22. The number of ether oxygens (including phenoxy) is 1. The van der Waals surface area contributed by atoms with Gasteiger partial charge in [-0.3, -0.25) is 4.79 Å². The number of hydrogen-bond donors (Lipinski definition) is 0. The molecule has 15 heavy (non-hydrogen) atoms. The molecule has 0 radical (unpaired) electrons. The number of likely N-dealkylation sites (tertiary alicyclic amines) is 1. The van der Waals surface area contributed by atoms with Gasteiger partial charge in [0.1, 0.15) is 5.41 Å². The van der Waals surface area contributed by atoms with E-state index in [0.29, 0.717) is 0 Å². The Balaban J connectivity index is 2.93. The fraction of sp³-hybridized carbons (Fsp3) is 0.889. The van der Waals surface area contributed by atoms with Gasteiger partial charge in [-0.15, -0.1) is 0 Å². The Bertz CT molecular complexity index is 254. The Labute approximate surface area is 86.2 Å². The van der Waals surface area contributed by atoms with Crippen LogP contribution in [-0.2, 0) is 9.53 Å². The molecule has 1 rings (SSSR count). The highest BCUT2D eigenvalue weighted by molar-refractivity contribution is 5.85. The maximum absolute atomic E-state index is 12.9. The lowest BCUT2D eigenvalue weighted by Crippen LogP contribution is -2.45. The number of amides is 1. The van der Waals surface area contributed by atoms with Gasteiger partial charge in [-0.05, 0) is 12.8 Å². The van der Waals surface area contributed by atoms with Gasteiger partial charge in [0.25, 0.3) is 0 Å². The van der Waals surface area contributed by atoms with E-state index >= 15 is 0 Å². The van der Waals surface area contributed by atoms with Crippen molar-refractivity contribution >= 4 is 5.91 Å². The summed E-state index contributed by atoms with van der Waals surface area (Å²) >= 11 is 0. The highest BCUT2D eigenvalue weighted by atomic mass is 19.4. The van der Waals surface area contributed by atoms with Gasteiger partial charge in [0.15, 0.2) is 0 Å². The Morgan fingerprint density at radius 2 is 2.13 bits per heavy atom. The molecule has 1 atom stereocenters. The van der Waals surface area contributed by atoms with Crippen LogP contribution in [0.25, 0.3) is 0 Å². The molecule has 0 aromatic carbocycles. The number of rotatable bonds is 3. The van der Waals surface area contributed by atoms with Crippen LogP contribution in [-0.4, -0.2) is 44.3 Å². The minimum atomic E-state index is -4.49. The number of carbonyl (C=O) groups excluding carboxylic acids is 1. The third-order valence-electron chi connectivity index (χ3n) is 2.91. The Morgan fingerprint density at radius 1 is 1.53 bits per heavy atom. The molecule has 3 nitrogen and oxygen atoms in total. The molecule has 1 aliphatic heterocycles. The lowest BCUT2D eigenvalue weighted by molar-refractivity contribution is -0.223. The average Bonchev–Trinajstić information content (AvgIpc) is 2.42. The molecule has 0 saturated carbocycles. The zero-order valence-electron chi connectivity index (χ0n) is 8.73. The van der Waals surface area contributed by atoms with Crippen molar-refractivity contribution in [2.45, 2.75) is 19.0 Å². The highest BCUT2D eigenvalue weighted by Crippen LogP contribution is 2.48. The van der Waals surface area contributed by atoms with Gasteiger partial charge in [0.2, 0.25) is 5.91 Å². The molecule has 1 heterocycles. The van der Waals surface area contributed by atoms with Gasteiger partial charge >= 0.3 is 6.18 Å². The van der Waals surface area contributed by atoms with Crippen LogP contribution in [0, 0.1) is 5.41 Å². The molecule has 1 unspecified atom stereocenters. The summed E-state index contributed by atoms with van der Waals surface area (Å²) < 4.78 is 43.2. The summed E-state index contributed by atoms with van der Waals surface area (Å²) in [6.45, 7) is 0.0984. The van der Waals surface area contributed by atoms with Crippen LogP contribution in [0.4, 0.5) is 13.2 Å². The maximum atomic E-state index is 12.9. The minimum Gasteiger partial charge on any atom is -0.385 e. The van der Waals surface area contributed by atoms with Crippen molar-refractivity contribution in [3.63, 3.8) is 0 Å². The molecule has 0 aromatic heterocycles. The molecule has 0 N–H and O–H groups in total. The van der Waals surface area contributed by atoms with Crippen molar-refractivity contribution in [1.82, 2.24) is 4.90 Å². The van der Waals surface area contributed by atoms with Crippen LogP contribution in [0.2, 0.25) is 0 Å². The molecule has 1 amide bonds. The molecule has 1 fully saturated rings. The highest BCUT2D eigenvalue weighted by Gasteiger charge is 2.62. The van der Waals surface area contributed by atoms with Crippen molar-refractivity contribution in [2.75, 3.05) is 27.3 Å². The topological polar surface area (TPSA) is 29.5 Å². The molecule has 1 saturated heterocycles. The van der Waals surface area contributed by atoms with Crippen LogP contribution in [0.15, 0.2) is 0 Å². The first kappa shape index (κ1) is 12.3. The monoisotopic (exact) mass is 225 g/mol. The molecular formula is C9H14F3NO2. The SMILES string of the molecule is COCCC1(C(F)(F)F)CCN(C)C1=O. The first-order chi connectivity index (χ1) is 6.85. The molecule has 1 aliphatic rings. The summed E-state index contributed by atoms with van der Waals surface area (Å²) in [4.78, 5) is 12.7. The van der Waals surface area contributed by atoms with Gasteiger partial charge < -0.3 is 9.64 Å². The van der Waals surface area contributed by atoms with E-state index in [-0.39, 0.29) is 26.0 Å². The first-order valence-electron chi connectivity index (χ1n) is 4.66. The molecule has 88 valence electrons. The second-order valence-corrected chi connectivity index (χ2v) is 3.80. The smallest absolute Gasteiger partial charge is 0.385 e. The summed E-state index contributed by atoms with van der Waals surface area (Å²) in [7, 11) is 2.72. The van der Waals surface area contributed by atoms with Crippen molar-refractivity contribution in [3.05, 3.63) is 0 Å². The fourth-order valence-corrected chi connectivity index (χ4v) is 1.85. The molecule has 0 aromatic rings. The quantitative estimate of drug-likeness (QED) is 0.727. The van der Waals surface area contributed by atoms with Crippen LogP contribution >= 0.6 is 0 Å². The van der Waals surface area contributed by atoms with Crippen molar-refractivity contribution in [2.24, 2.45) is 5.41 Å². The van der Waals surface area contributed by atoms with E-state index in [2.05, 4.69) is 4.74 Å². The predicted molar refractivity (Wildman–Crippen MR) is 47.2 cm³/mol. The summed E-state index contributed by atoms with van der Waals surface area (Å²) in [6, 6.07) is 0. The minimum absolute atomic E-state index is 0.0565. The molecule has 0 spiro atoms. The van der Waals surface area contributed by atoms with Crippen molar-refractivity contribution in [3.8, 4) is 0 Å². The van der Waals surface area contributed by atoms with E-state index in [4.69, 9.17) is 0 Å². The van der Waals surface area contributed by atoms with Crippen LogP contribution in [0.3, 0.4) is 0 Å². The Kier molecular flexibility index (Phi) is 3.28. The third kappa shape index (κ3) is 1.95. The summed E-state index contributed by atoms with van der Waals surface area (Å²) in [5.74, 6) is -0.841. The second kappa shape index (κ2) is 4.00. The molecule has 6 heteroatoms. The predicted octanol–water partition coefficient (Wildman–Crippen LogP) is 1.43. The van der Waals surface area contributed by atoms with Crippen molar-refractivity contribution < 1.29 is 22.7 Å². The standard InChI is InChI=1S/C9H14F3NO2/c1-13-5-3-8(7(13)14,4-6-15-2)9(10,11)12/h3-6H2,1-2H3. The molecular weight excluding hydrogens is 211 g/mol. The van der Waals surface area contributed by atoms with Gasteiger partial charge in [-0.2, -0.15) is 13.2 Å². The van der Waals surface area contributed by atoms with E-state index in [1.807, 2.05) is 0 Å². The number of carbonyl (C=O) groups is 1. The summed E-state index contributed by atoms with van der Waals surface area (Å²) in [6.07, 6.45) is -4.96. The van der Waals surface area contributed by atoms with Crippen LogP contribution in [0.1, 0.15) is 12.8 Å². The van der Waals surface area contributed by atoms with E-state index in [9.17, 15) is 18.0 Å². The maximum Gasteiger partial charge on any atom is 0.403 e. The zero-order chi connectivity index (χ0) is 11.7. The fourth-order valence-electron chi connectivity index (χ4n) is 1.85. The molecule has 0 bridgehead atoms. The number of alkyl halides is 3. The van der Waals surface area contributed by atoms with Gasteiger partial charge in [-0.25, -0.2) is 0 Å². The van der Waals surface area contributed by atoms with E-state index < -0.39 is 17.5 Å². The number of nitrogens with zero attached hydrogens (tertiary/aromatic N) is 1. The second-order valence-electron chi connectivity index (χ2n) is 3.80. The average molecular weight is 225 g/mol. The first-order valence-corrected chi connectivity index (χ1v) is 4.66. The number of halogens is 3. The van der Waals surface area contributed by atoms with Crippen LogP contribution < -0.4 is 0 Å². The Hall–Kier alpha value is -0.780. The van der Waals surface area contributed by atoms with Gasteiger partial charge in [0.05, 0.1) is 0 Å². The van der Waals surface area contributed by atoms with Crippen LogP contribution in [0.5, 0.6) is 0 Å². The lowest BCUT2D eigenvalue weighted by atomic mass is 9.82. The Morgan fingerprint density at radius 3 is 2.47 bits per heavy atom. The van der Waals surface area contributed by atoms with E-state index in [1.54, 1.807) is 0 Å². The summed E-state index contributed by atoms with van der Waals surface area (Å²) in [5, 5.41) is 0. The van der Waals surface area contributed by atoms with E-state index in [1.165, 1.54) is 14.2 Å². The number of hydrogen-bond acceptors (Lipinski definition) is 2. The number of methoxy groups -OCH3 is 1. The lowest BCUT2D eigenvalue weighted by Gasteiger charge is -2.29. The van der Waals surface area contributed by atoms with Gasteiger partial charge in [0, 0.05) is 27.3 Å². The van der Waals surface area contributed by atoms with E-state index in [0.717, 1.165) is 4.90 Å². The normalized spacial score (nSPS) is 27.5. The largest absolute Gasteiger partial charge is 0.403 e. The third-order valence-corrected chi connectivity index (χ3v) is 2.91. The van der Waals surface area contributed by atoms with Crippen molar-refractivity contribution in [1.29, 1.82) is 0 Å². The van der Waals surface area contributed by atoms with Gasteiger partial charge in [-0.1, -0.05) is 0 Å².